The van der Waals surface area contributed by atoms with Crippen molar-refractivity contribution in [3.63, 3.8) is 0 Å². The molecule has 3 aromatic rings. The van der Waals surface area contributed by atoms with Crippen molar-refractivity contribution in [1.29, 1.82) is 0 Å². The Bertz CT molecular complexity index is 1180. The van der Waals surface area contributed by atoms with Crippen LogP contribution in [0.3, 0.4) is 0 Å². The van der Waals surface area contributed by atoms with Gasteiger partial charge in [0.1, 0.15) is 12.4 Å². The summed E-state index contributed by atoms with van der Waals surface area (Å²) in [6.45, 7) is 11.1. The monoisotopic (exact) mass is 496 g/mol. The van der Waals surface area contributed by atoms with Crippen LogP contribution in [-0.2, 0) is 15.0 Å². The molecular formula is C26H32N4O2S2. The molecule has 180 valence electrons. The average molecular weight is 497 g/mol. The molecule has 0 fully saturated rings. The summed E-state index contributed by atoms with van der Waals surface area (Å²) in [5, 5.41) is 10.1. The molecule has 1 atom stereocenters. The van der Waals surface area contributed by atoms with Crippen LogP contribution in [0.2, 0.25) is 0 Å². The van der Waals surface area contributed by atoms with E-state index in [0.29, 0.717) is 18.1 Å². The van der Waals surface area contributed by atoms with E-state index in [4.69, 9.17) is 5.10 Å². The number of aromatic nitrogens is 2. The van der Waals surface area contributed by atoms with Gasteiger partial charge in [0.2, 0.25) is 11.8 Å². The van der Waals surface area contributed by atoms with Crippen LogP contribution >= 0.6 is 23.1 Å². The van der Waals surface area contributed by atoms with E-state index in [1.54, 1.807) is 28.0 Å². The first-order valence-electron chi connectivity index (χ1n) is 11.6. The number of aryl methyl sites for hydroxylation is 1. The summed E-state index contributed by atoms with van der Waals surface area (Å²) in [4.78, 5) is 29.1. The lowest BCUT2D eigenvalue weighted by Crippen LogP contribution is -2.42. The van der Waals surface area contributed by atoms with Gasteiger partial charge in [0.15, 0.2) is 0 Å². The molecule has 0 spiro atoms. The predicted molar refractivity (Wildman–Crippen MR) is 141 cm³/mol. The second kappa shape index (κ2) is 9.96. The summed E-state index contributed by atoms with van der Waals surface area (Å²) < 4.78 is 1.88. The number of thioether (sulfide) groups is 1. The number of carbonyl (C=O) groups is 2. The number of hydrogen-bond acceptors (Lipinski definition) is 5. The van der Waals surface area contributed by atoms with E-state index in [1.165, 1.54) is 4.88 Å². The zero-order valence-electron chi connectivity index (χ0n) is 20.4. The maximum Gasteiger partial charge on any atom is 0.240 e. The van der Waals surface area contributed by atoms with Crippen molar-refractivity contribution in [1.82, 2.24) is 15.1 Å². The summed E-state index contributed by atoms with van der Waals surface area (Å²) in [5.41, 5.74) is 3.71. The maximum atomic E-state index is 13.5. The lowest BCUT2D eigenvalue weighted by Gasteiger charge is -2.24. The van der Waals surface area contributed by atoms with Crippen molar-refractivity contribution >= 4 is 40.7 Å². The normalized spacial score (nSPS) is 16.3. The predicted octanol–water partition coefficient (Wildman–Crippen LogP) is 5.24. The molecule has 0 aliphatic carbocycles. The van der Waals surface area contributed by atoms with E-state index in [9.17, 15) is 9.59 Å². The molecule has 1 aliphatic rings. The van der Waals surface area contributed by atoms with Crippen LogP contribution in [-0.4, -0.2) is 40.4 Å². The number of amides is 2. The Morgan fingerprint density at radius 1 is 1.24 bits per heavy atom. The summed E-state index contributed by atoms with van der Waals surface area (Å²) in [7, 11) is 0. The van der Waals surface area contributed by atoms with Crippen molar-refractivity contribution in [3.05, 3.63) is 63.5 Å². The molecule has 2 amide bonds. The van der Waals surface area contributed by atoms with Crippen LogP contribution in [0.15, 0.2) is 41.8 Å². The molecule has 2 aromatic heterocycles. The molecule has 3 heterocycles. The zero-order chi connectivity index (χ0) is 24.5. The highest BCUT2D eigenvalue weighted by Gasteiger charge is 2.40. The van der Waals surface area contributed by atoms with Gasteiger partial charge in [-0.05, 0) is 42.5 Å². The Morgan fingerprint density at radius 2 is 2.03 bits per heavy atom. The maximum absolute atomic E-state index is 13.5. The summed E-state index contributed by atoms with van der Waals surface area (Å²) in [6, 6.07) is 12.3. The van der Waals surface area contributed by atoms with E-state index in [2.05, 4.69) is 43.6 Å². The highest BCUT2D eigenvalue weighted by atomic mass is 32.2. The van der Waals surface area contributed by atoms with Gasteiger partial charge in [-0.2, -0.15) is 5.10 Å². The van der Waals surface area contributed by atoms with Crippen LogP contribution in [0.25, 0.3) is 5.69 Å². The minimum Gasteiger partial charge on any atom is -0.355 e. The third kappa shape index (κ3) is 4.93. The lowest BCUT2D eigenvalue weighted by molar-refractivity contribution is -0.122. The van der Waals surface area contributed by atoms with Gasteiger partial charge in [-0.3, -0.25) is 14.5 Å². The van der Waals surface area contributed by atoms with Gasteiger partial charge in [0.25, 0.3) is 0 Å². The summed E-state index contributed by atoms with van der Waals surface area (Å²) >= 11 is 3.31. The Balaban J connectivity index is 1.98. The standard InChI is InChI=1S/C26H32N4O2S2/c1-6-12-27-20(31)15-29-21(32)16-34-23(19-11-8-13-33-19)22-24(26(3,4)5)28-30(25(22)29)18-10-7-9-17(2)14-18/h7-11,13-14,23H,6,12,15-16H2,1-5H3,(H,27,31)/t23-/m1/s1. The van der Waals surface area contributed by atoms with Crippen molar-refractivity contribution in [3.8, 4) is 5.69 Å². The Morgan fingerprint density at radius 3 is 2.68 bits per heavy atom. The number of nitrogens with zero attached hydrogens (tertiary/aromatic N) is 3. The quantitative estimate of drug-likeness (QED) is 0.507. The number of thiophene rings is 1. The van der Waals surface area contributed by atoms with E-state index < -0.39 is 0 Å². The van der Waals surface area contributed by atoms with Crippen molar-refractivity contribution < 1.29 is 9.59 Å². The minimum atomic E-state index is -0.251. The topological polar surface area (TPSA) is 67.2 Å². The number of fused-ring (bicyclic) bond motifs is 1. The van der Waals surface area contributed by atoms with Gasteiger partial charge < -0.3 is 5.32 Å². The second-order valence-corrected chi connectivity index (χ2v) is 11.7. The van der Waals surface area contributed by atoms with Crippen molar-refractivity contribution in [2.45, 2.75) is 51.7 Å². The third-order valence-corrected chi connectivity index (χ3v) is 8.04. The van der Waals surface area contributed by atoms with Gasteiger partial charge in [-0.25, -0.2) is 4.68 Å². The first-order valence-corrected chi connectivity index (χ1v) is 13.6. The van der Waals surface area contributed by atoms with Gasteiger partial charge in [-0.15, -0.1) is 23.1 Å². The van der Waals surface area contributed by atoms with Gasteiger partial charge in [0.05, 0.1) is 22.4 Å². The highest BCUT2D eigenvalue weighted by molar-refractivity contribution is 8.00. The van der Waals surface area contributed by atoms with E-state index >= 15 is 0 Å². The number of rotatable bonds is 6. The minimum absolute atomic E-state index is 0.0232. The number of carbonyl (C=O) groups excluding carboxylic acids is 2. The Labute approximate surface area is 209 Å². The SMILES string of the molecule is CCCNC(=O)CN1C(=O)CS[C@H](c2cccs2)c2c(C(C)(C)C)nn(-c3cccc(C)c3)c21. The molecule has 0 bridgehead atoms. The number of hydrogen-bond donors (Lipinski definition) is 1. The number of anilines is 1. The average Bonchev–Trinajstić information content (AvgIpc) is 3.42. The van der Waals surface area contributed by atoms with Crippen LogP contribution in [0, 0.1) is 6.92 Å². The summed E-state index contributed by atoms with van der Waals surface area (Å²) in [6.07, 6.45) is 0.844. The first-order chi connectivity index (χ1) is 16.2. The van der Waals surface area contributed by atoms with Crippen LogP contribution in [0.1, 0.15) is 61.1 Å². The second-order valence-electron chi connectivity index (χ2n) is 9.62. The zero-order valence-corrected chi connectivity index (χ0v) is 22.1. The first kappa shape index (κ1) is 24.5. The molecule has 0 saturated heterocycles. The molecule has 0 unspecified atom stereocenters. The van der Waals surface area contributed by atoms with Gasteiger partial charge in [0, 0.05) is 22.4 Å². The fourth-order valence-electron chi connectivity index (χ4n) is 4.14. The molecule has 34 heavy (non-hydrogen) atoms. The fraction of sp³-hybridized carbons (Fsp3) is 0.423. The molecule has 0 radical (unpaired) electrons. The largest absolute Gasteiger partial charge is 0.355 e. The molecule has 0 saturated carbocycles. The highest BCUT2D eigenvalue weighted by Crippen LogP contribution is 2.49. The molecule has 1 aliphatic heterocycles. The summed E-state index contributed by atoms with van der Waals surface area (Å²) in [5.74, 6) is 0.771. The third-order valence-electron chi connectivity index (χ3n) is 5.72. The Hall–Kier alpha value is -2.58. The molecule has 1 N–H and O–H groups in total. The van der Waals surface area contributed by atoms with Gasteiger partial charge in [-0.1, -0.05) is 45.9 Å². The van der Waals surface area contributed by atoms with Crippen molar-refractivity contribution in [2.24, 2.45) is 0 Å². The smallest absolute Gasteiger partial charge is 0.240 e. The van der Waals surface area contributed by atoms with Gasteiger partial charge >= 0.3 is 0 Å². The fourth-order valence-corrected chi connectivity index (χ4v) is 6.32. The van der Waals surface area contributed by atoms with Crippen LogP contribution in [0.4, 0.5) is 5.82 Å². The molecule has 1 aromatic carbocycles. The number of nitrogens with one attached hydrogen (secondary N) is 1. The van der Waals surface area contributed by atoms with E-state index in [0.717, 1.165) is 28.9 Å². The molecule has 4 rings (SSSR count). The molecule has 6 nitrogen and oxygen atoms in total. The van der Waals surface area contributed by atoms with Crippen LogP contribution < -0.4 is 10.2 Å². The molecule has 8 heteroatoms. The van der Waals surface area contributed by atoms with E-state index in [-0.39, 0.29) is 29.0 Å². The van der Waals surface area contributed by atoms with Crippen LogP contribution in [0.5, 0.6) is 0 Å². The van der Waals surface area contributed by atoms with Crippen molar-refractivity contribution in [2.75, 3.05) is 23.7 Å². The lowest BCUT2D eigenvalue weighted by atomic mass is 9.88. The Kier molecular flexibility index (Phi) is 7.19. The van der Waals surface area contributed by atoms with E-state index in [1.807, 2.05) is 42.8 Å². The number of benzene rings is 1. The molecular weight excluding hydrogens is 464 g/mol.